The Balaban J connectivity index is 1.70. The van der Waals surface area contributed by atoms with Crippen molar-refractivity contribution >= 4 is 28.7 Å². The van der Waals surface area contributed by atoms with Crippen molar-refractivity contribution in [3.8, 4) is 11.4 Å². The number of nitrogens with zero attached hydrogens (tertiary/aromatic N) is 4. The van der Waals surface area contributed by atoms with Crippen LogP contribution in [0.2, 0.25) is 0 Å². The number of benzene rings is 2. The molecule has 0 unspecified atom stereocenters. The minimum atomic E-state index is -0.379. The quantitative estimate of drug-likeness (QED) is 0.210. The summed E-state index contributed by atoms with van der Waals surface area (Å²) in [6.07, 6.45) is 1.77. The lowest BCUT2D eigenvalue weighted by Gasteiger charge is -2.28. The second-order valence-electron chi connectivity index (χ2n) is 8.61. The molecule has 9 heteroatoms. The molecule has 182 valence electrons. The lowest BCUT2D eigenvalue weighted by molar-refractivity contribution is -0.384. The minimum absolute atomic E-state index is 0.0241. The van der Waals surface area contributed by atoms with Crippen molar-refractivity contribution in [1.82, 2.24) is 14.9 Å². The SMILES string of the molecule is COc1ccc(-n2c(C)cc([C@@H]3[C@H](c4ccccn4)NC(=S)N3c3ccccc3)c2C)c([N+](=O)[O-])c1. The number of nitro groups is 1. The smallest absolute Gasteiger partial charge is 0.296 e. The molecular formula is C27H25N5O3S. The van der Waals surface area contributed by atoms with Gasteiger partial charge in [-0.15, -0.1) is 0 Å². The van der Waals surface area contributed by atoms with Crippen LogP contribution >= 0.6 is 12.2 Å². The first-order valence-electron chi connectivity index (χ1n) is 11.5. The summed E-state index contributed by atoms with van der Waals surface area (Å²) in [5, 5.41) is 16.0. The van der Waals surface area contributed by atoms with Gasteiger partial charge < -0.3 is 19.5 Å². The Morgan fingerprint density at radius 3 is 2.47 bits per heavy atom. The van der Waals surface area contributed by atoms with Gasteiger partial charge in [-0.25, -0.2) is 0 Å². The average molecular weight is 500 g/mol. The van der Waals surface area contributed by atoms with Crippen LogP contribution in [-0.4, -0.2) is 26.7 Å². The molecule has 3 heterocycles. The number of ether oxygens (including phenoxy) is 1. The molecule has 36 heavy (non-hydrogen) atoms. The van der Waals surface area contributed by atoms with Crippen LogP contribution in [0.5, 0.6) is 5.75 Å². The highest BCUT2D eigenvalue weighted by atomic mass is 32.1. The maximum Gasteiger partial charge on any atom is 0.296 e. The highest BCUT2D eigenvalue weighted by Gasteiger charge is 2.42. The number of methoxy groups -OCH3 is 1. The van der Waals surface area contributed by atoms with Gasteiger partial charge in [-0.2, -0.15) is 0 Å². The molecule has 0 radical (unpaired) electrons. The van der Waals surface area contributed by atoms with E-state index in [1.807, 2.05) is 66.9 Å². The number of rotatable bonds is 6. The number of hydrogen-bond donors (Lipinski definition) is 1. The summed E-state index contributed by atoms with van der Waals surface area (Å²) in [4.78, 5) is 18.3. The highest BCUT2D eigenvalue weighted by molar-refractivity contribution is 7.80. The van der Waals surface area contributed by atoms with Crippen molar-refractivity contribution in [2.24, 2.45) is 0 Å². The molecular weight excluding hydrogens is 474 g/mol. The van der Waals surface area contributed by atoms with E-state index in [0.29, 0.717) is 16.5 Å². The van der Waals surface area contributed by atoms with E-state index in [-0.39, 0.29) is 22.7 Å². The summed E-state index contributed by atoms with van der Waals surface area (Å²) in [7, 11) is 1.49. The van der Waals surface area contributed by atoms with E-state index in [2.05, 4.69) is 21.3 Å². The number of aryl methyl sites for hydroxylation is 1. The van der Waals surface area contributed by atoms with Crippen molar-refractivity contribution in [1.29, 1.82) is 0 Å². The second-order valence-corrected chi connectivity index (χ2v) is 8.99. The van der Waals surface area contributed by atoms with Crippen LogP contribution in [0.3, 0.4) is 0 Å². The molecule has 0 saturated carbocycles. The van der Waals surface area contributed by atoms with Crippen LogP contribution in [0.25, 0.3) is 5.69 Å². The summed E-state index contributed by atoms with van der Waals surface area (Å²) in [6, 6.07) is 22.4. The maximum absolute atomic E-state index is 12.0. The van der Waals surface area contributed by atoms with Gasteiger partial charge >= 0.3 is 0 Å². The summed E-state index contributed by atoms with van der Waals surface area (Å²) >= 11 is 5.81. The molecule has 1 saturated heterocycles. The Labute approximate surface area is 214 Å². The molecule has 1 N–H and O–H groups in total. The number of pyridine rings is 1. The van der Waals surface area contributed by atoms with Gasteiger partial charge in [0.25, 0.3) is 5.69 Å². The zero-order chi connectivity index (χ0) is 25.4. The van der Waals surface area contributed by atoms with Gasteiger partial charge in [0.2, 0.25) is 0 Å². The molecule has 0 aliphatic carbocycles. The topological polar surface area (TPSA) is 85.5 Å². The lowest BCUT2D eigenvalue weighted by atomic mass is 9.96. The molecule has 1 aliphatic heterocycles. The number of para-hydroxylation sites is 1. The fraction of sp³-hybridized carbons (Fsp3) is 0.185. The molecule has 5 rings (SSSR count). The van der Waals surface area contributed by atoms with Gasteiger partial charge in [0.1, 0.15) is 11.4 Å². The zero-order valence-electron chi connectivity index (χ0n) is 20.1. The highest BCUT2D eigenvalue weighted by Crippen LogP contribution is 2.44. The van der Waals surface area contributed by atoms with Crippen LogP contribution in [0.4, 0.5) is 11.4 Å². The summed E-state index contributed by atoms with van der Waals surface area (Å²) in [5.74, 6) is 0.434. The van der Waals surface area contributed by atoms with Gasteiger partial charge in [-0.1, -0.05) is 24.3 Å². The number of nitrogens with one attached hydrogen (secondary N) is 1. The van der Waals surface area contributed by atoms with Gasteiger partial charge in [-0.05, 0) is 74.1 Å². The number of anilines is 1. The van der Waals surface area contributed by atoms with Gasteiger partial charge in [-0.3, -0.25) is 15.1 Å². The summed E-state index contributed by atoms with van der Waals surface area (Å²) in [6.45, 7) is 3.93. The molecule has 0 amide bonds. The molecule has 8 nitrogen and oxygen atoms in total. The first kappa shape index (κ1) is 23.5. The van der Waals surface area contributed by atoms with Crippen LogP contribution in [-0.2, 0) is 0 Å². The van der Waals surface area contributed by atoms with Crippen LogP contribution in [0.1, 0.15) is 34.7 Å². The minimum Gasteiger partial charge on any atom is -0.496 e. The van der Waals surface area contributed by atoms with Crippen molar-refractivity contribution in [2.45, 2.75) is 25.9 Å². The van der Waals surface area contributed by atoms with Crippen molar-refractivity contribution < 1.29 is 9.66 Å². The van der Waals surface area contributed by atoms with E-state index >= 15 is 0 Å². The second kappa shape index (κ2) is 9.43. The predicted molar refractivity (Wildman–Crippen MR) is 143 cm³/mol. The van der Waals surface area contributed by atoms with Gasteiger partial charge in [0, 0.05) is 23.3 Å². The zero-order valence-corrected chi connectivity index (χ0v) is 20.9. The van der Waals surface area contributed by atoms with E-state index in [0.717, 1.165) is 28.3 Å². The van der Waals surface area contributed by atoms with E-state index in [4.69, 9.17) is 17.0 Å². The van der Waals surface area contributed by atoms with Crippen LogP contribution in [0, 0.1) is 24.0 Å². The van der Waals surface area contributed by atoms with Crippen molar-refractivity contribution in [2.75, 3.05) is 12.0 Å². The van der Waals surface area contributed by atoms with Gasteiger partial charge in [0.05, 0.1) is 35.9 Å². The third-order valence-electron chi connectivity index (χ3n) is 6.54. The van der Waals surface area contributed by atoms with E-state index < -0.39 is 0 Å². The van der Waals surface area contributed by atoms with Gasteiger partial charge in [0.15, 0.2) is 5.11 Å². The summed E-state index contributed by atoms with van der Waals surface area (Å²) in [5.41, 5.74) is 5.05. The monoisotopic (exact) mass is 499 g/mol. The third-order valence-corrected chi connectivity index (χ3v) is 6.86. The number of nitro benzene ring substituents is 1. The molecule has 0 bridgehead atoms. The Morgan fingerprint density at radius 2 is 1.81 bits per heavy atom. The molecule has 1 aliphatic rings. The lowest BCUT2D eigenvalue weighted by Crippen LogP contribution is -2.29. The standard InChI is InChI=1S/C27H25N5O3S/c1-17-15-21(18(2)30(17)23-13-12-20(35-3)16-24(23)32(33)34)26-25(22-11-7-8-14-28-22)29-27(36)31(26)19-9-5-4-6-10-19/h4-16,25-26H,1-3H3,(H,29,36)/t25-,26+/m0/s1. The first-order valence-corrected chi connectivity index (χ1v) is 11.9. The largest absolute Gasteiger partial charge is 0.496 e. The fourth-order valence-corrected chi connectivity index (χ4v) is 5.31. The number of aromatic nitrogens is 2. The number of hydrogen-bond acceptors (Lipinski definition) is 5. The van der Waals surface area contributed by atoms with Crippen LogP contribution < -0.4 is 15.0 Å². The van der Waals surface area contributed by atoms with E-state index in [1.165, 1.54) is 13.2 Å². The molecule has 1 fully saturated rings. The fourth-order valence-electron chi connectivity index (χ4n) is 4.96. The predicted octanol–water partition coefficient (Wildman–Crippen LogP) is 5.58. The van der Waals surface area contributed by atoms with Crippen molar-refractivity contribution in [3.05, 3.63) is 112 Å². The molecule has 2 aromatic carbocycles. The van der Waals surface area contributed by atoms with Crippen LogP contribution in [0.15, 0.2) is 79.0 Å². The Morgan fingerprint density at radius 1 is 1.06 bits per heavy atom. The number of thiocarbonyl (C=S) groups is 1. The Bertz CT molecular complexity index is 1440. The third kappa shape index (κ3) is 3.97. The average Bonchev–Trinajstić information content (AvgIpc) is 3.39. The maximum atomic E-state index is 12.0. The van der Waals surface area contributed by atoms with E-state index in [9.17, 15) is 10.1 Å². The summed E-state index contributed by atoms with van der Waals surface area (Å²) < 4.78 is 7.15. The normalized spacial score (nSPS) is 17.2. The Kier molecular flexibility index (Phi) is 6.15. The van der Waals surface area contributed by atoms with E-state index in [1.54, 1.807) is 18.3 Å². The molecule has 2 aromatic heterocycles. The van der Waals surface area contributed by atoms with Crippen molar-refractivity contribution in [3.63, 3.8) is 0 Å². The molecule has 4 aromatic rings. The molecule has 2 atom stereocenters. The first-order chi connectivity index (χ1) is 17.4. The molecule has 0 spiro atoms. The Hall–Kier alpha value is -4.24.